The van der Waals surface area contributed by atoms with Crippen molar-refractivity contribution in [2.24, 2.45) is 11.7 Å². The van der Waals surface area contributed by atoms with Gasteiger partial charge in [0.15, 0.2) is 0 Å². The minimum Gasteiger partial charge on any atom is -0.367 e. The van der Waals surface area contributed by atoms with Gasteiger partial charge in [0.2, 0.25) is 0 Å². The van der Waals surface area contributed by atoms with Gasteiger partial charge in [0.05, 0.1) is 17.1 Å². The van der Waals surface area contributed by atoms with Crippen LogP contribution in [0.1, 0.15) is 51.1 Å². The van der Waals surface area contributed by atoms with Crippen LogP contribution in [-0.2, 0) is 17.8 Å². The maximum atomic E-state index is 6.05. The molecule has 21 heavy (non-hydrogen) atoms. The van der Waals surface area contributed by atoms with Crippen molar-refractivity contribution in [1.82, 2.24) is 9.55 Å². The number of imidazole rings is 1. The number of fused-ring (bicyclic) bond motifs is 1. The van der Waals surface area contributed by atoms with E-state index in [0.717, 1.165) is 36.3 Å². The summed E-state index contributed by atoms with van der Waals surface area (Å²) in [5, 5.41) is 0. The zero-order valence-electron chi connectivity index (χ0n) is 13.2. The molecule has 1 aromatic carbocycles. The van der Waals surface area contributed by atoms with Crippen molar-refractivity contribution in [1.29, 1.82) is 0 Å². The Bertz CT molecular complexity index is 632. The molecule has 1 aromatic heterocycles. The van der Waals surface area contributed by atoms with Crippen molar-refractivity contribution in [3.63, 3.8) is 0 Å². The molecule has 0 spiro atoms. The summed E-state index contributed by atoms with van der Waals surface area (Å²) >= 11 is 0. The number of benzene rings is 1. The van der Waals surface area contributed by atoms with Crippen LogP contribution in [0.25, 0.3) is 11.0 Å². The third-order valence-electron chi connectivity index (χ3n) is 4.15. The Morgan fingerprint density at radius 1 is 1.38 bits per heavy atom. The molecule has 114 valence electrons. The zero-order chi connectivity index (χ0) is 15.0. The van der Waals surface area contributed by atoms with E-state index in [2.05, 4.69) is 43.5 Å². The van der Waals surface area contributed by atoms with Crippen LogP contribution in [0.5, 0.6) is 0 Å². The predicted octanol–water partition coefficient (Wildman–Crippen LogP) is 3.39. The third-order valence-corrected chi connectivity index (χ3v) is 4.15. The van der Waals surface area contributed by atoms with Crippen molar-refractivity contribution < 1.29 is 4.74 Å². The maximum Gasteiger partial charge on any atom is 0.139 e. The quantitative estimate of drug-likeness (QED) is 0.937. The van der Waals surface area contributed by atoms with Gasteiger partial charge in [-0.2, -0.15) is 0 Å². The number of nitrogens with two attached hydrogens (primary N) is 1. The summed E-state index contributed by atoms with van der Waals surface area (Å²) < 4.78 is 8.38. The highest BCUT2D eigenvalue weighted by molar-refractivity contribution is 5.77. The number of aromatic nitrogens is 2. The molecule has 1 saturated heterocycles. The van der Waals surface area contributed by atoms with E-state index in [9.17, 15) is 0 Å². The lowest BCUT2D eigenvalue weighted by Gasteiger charge is -2.16. The molecular formula is C17H25N3O. The molecule has 2 atom stereocenters. The van der Waals surface area contributed by atoms with E-state index < -0.39 is 0 Å². The van der Waals surface area contributed by atoms with Crippen molar-refractivity contribution in [2.75, 3.05) is 0 Å². The second-order valence-electron chi connectivity index (χ2n) is 6.51. The van der Waals surface area contributed by atoms with Gasteiger partial charge in [-0.1, -0.05) is 19.9 Å². The fourth-order valence-electron chi connectivity index (χ4n) is 3.12. The molecule has 2 N–H and O–H groups in total. The minimum absolute atomic E-state index is 0.132. The van der Waals surface area contributed by atoms with Crippen molar-refractivity contribution in [3.05, 3.63) is 29.6 Å². The lowest BCUT2D eigenvalue weighted by atomic mass is 10.1. The van der Waals surface area contributed by atoms with Crippen molar-refractivity contribution in [2.45, 2.75) is 58.9 Å². The average molecular weight is 287 g/mol. The normalized spacial score (nSPS) is 22.5. The smallest absolute Gasteiger partial charge is 0.139 e. The Labute approximate surface area is 126 Å². The molecule has 4 heteroatoms. The van der Waals surface area contributed by atoms with Gasteiger partial charge in [-0.05, 0) is 43.4 Å². The Balaban J connectivity index is 2.07. The molecule has 2 aromatic rings. The molecule has 1 aliphatic heterocycles. The summed E-state index contributed by atoms with van der Waals surface area (Å²) in [6, 6.07) is 6.35. The van der Waals surface area contributed by atoms with Gasteiger partial charge in [-0.3, -0.25) is 0 Å². The second-order valence-corrected chi connectivity index (χ2v) is 6.51. The Morgan fingerprint density at radius 3 is 2.81 bits per heavy atom. The van der Waals surface area contributed by atoms with Gasteiger partial charge in [-0.25, -0.2) is 4.98 Å². The van der Waals surface area contributed by atoms with Crippen molar-refractivity contribution in [3.8, 4) is 0 Å². The standard InChI is InChI=1S/C17H25N3O/c1-11(2)10-20-15-6-5-13(9-18)8-14(15)19-17(20)16-7-4-12(3)21-16/h5-6,8,11-12,16H,4,7,9-10,18H2,1-3H3. The Hall–Kier alpha value is -1.39. The van der Waals surface area contributed by atoms with Gasteiger partial charge in [0, 0.05) is 13.1 Å². The van der Waals surface area contributed by atoms with Gasteiger partial charge >= 0.3 is 0 Å². The summed E-state index contributed by atoms with van der Waals surface area (Å²) in [5.41, 5.74) is 9.11. The van der Waals surface area contributed by atoms with Crippen molar-refractivity contribution >= 4 is 11.0 Å². The van der Waals surface area contributed by atoms with E-state index >= 15 is 0 Å². The molecule has 0 saturated carbocycles. The molecule has 1 fully saturated rings. The number of hydrogen-bond acceptors (Lipinski definition) is 3. The van der Waals surface area contributed by atoms with Crippen LogP contribution in [0.15, 0.2) is 18.2 Å². The van der Waals surface area contributed by atoms with Gasteiger partial charge < -0.3 is 15.0 Å². The minimum atomic E-state index is 0.132. The number of ether oxygens (including phenoxy) is 1. The highest BCUT2D eigenvalue weighted by Crippen LogP contribution is 2.34. The fourth-order valence-corrected chi connectivity index (χ4v) is 3.12. The topological polar surface area (TPSA) is 53.1 Å². The summed E-state index contributed by atoms with van der Waals surface area (Å²) in [5.74, 6) is 1.66. The van der Waals surface area contributed by atoms with E-state index in [-0.39, 0.29) is 6.10 Å². The van der Waals surface area contributed by atoms with Crippen LogP contribution in [-0.4, -0.2) is 15.7 Å². The van der Waals surface area contributed by atoms with Crippen LogP contribution in [0.3, 0.4) is 0 Å². The first-order valence-electron chi connectivity index (χ1n) is 7.93. The third kappa shape index (κ3) is 2.83. The molecule has 0 amide bonds. The highest BCUT2D eigenvalue weighted by Gasteiger charge is 2.28. The number of nitrogens with zero attached hydrogens (tertiary/aromatic N) is 2. The van der Waals surface area contributed by atoms with Crippen LogP contribution < -0.4 is 5.73 Å². The molecule has 3 rings (SSSR count). The van der Waals surface area contributed by atoms with Gasteiger partial charge in [0.25, 0.3) is 0 Å². The number of rotatable bonds is 4. The number of hydrogen-bond donors (Lipinski definition) is 1. The lowest BCUT2D eigenvalue weighted by molar-refractivity contribution is 0.0481. The summed E-state index contributed by atoms with van der Waals surface area (Å²) in [6.07, 6.45) is 2.64. The molecule has 1 aliphatic rings. The van der Waals surface area contributed by atoms with E-state index in [4.69, 9.17) is 15.5 Å². The molecule has 2 unspecified atom stereocenters. The summed E-state index contributed by atoms with van der Waals surface area (Å²) in [7, 11) is 0. The summed E-state index contributed by atoms with van der Waals surface area (Å²) in [6.45, 7) is 8.15. The van der Waals surface area contributed by atoms with Crippen LogP contribution in [0, 0.1) is 5.92 Å². The molecule has 0 radical (unpaired) electrons. The average Bonchev–Trinajstić information content (AvgIpc) is 3.02. The summed E-state index contributed by atoms with van der Waals surface area (Å²) in [4.78, 5) is 4.87. The monoisotopic (exact) mass is 287 g/mol. The predicted molar refractivity (Wildman–Crippen MR) is 85.0 cm³/mol. The van der Waals surface area contributed by atoms with E-state index in [0.29, 0.717) is 18.6 Å². The van der Waals surface area contributed by atoms with Gasteiger partial charge in [-0.15, -0.1) is 0 Å². The van der Waals surface area contributed by atoms with Crippen LogP contribution in [0.2, 0.25) is 0 Å². The molecule has 4 nitrogen and oxygen atoms in total. The Morgan fingerprint density at radius 2 is 2.19 bits per heavy atom. The first kappa shape index (κ1) is 14.5. The SMILES string of the molecule is CC(C)Cn1c(C2CCC(C)O2)nc2cc(CN)ccc21. The first-order valence-corrected chi connectivity index (χ1v) is 7.93. The highest BCUT2D eigenvalue weighted by atomic mass is 16.5. The first-order chi connectivity index (χ1) is 10.1. The van der Waals surface area contributed by atoms with E-state index in [1.807, 2.05) is 0 Å². The Kier molecular flexibility index (Phi) is 4.00. The molecule has 0 aliphatic carbocycles. The van der Waals surface area contributed by atoms with E-state index in [1.165, 1.54) is 5.52 Å². The molecule has 0 bridgehead atoms. The largest absolute Gasteiger partial charge is 0.367 e. The lowest BCUT2D eigenvalue weighted by Crippen LogP contribution is -2.12. The zero-order valence-corrected chi connectivity index (χ0v) is 13.2. The molecule has 2 heterocycles. The van der Waals surface area contributed by atoms with Crippen LogP contribution in [0.4, 0.5) is 0 Å². The van der Waals surface area contributed by atoms with Gasteiger partial charge in [0.1, 0.15) is 11.9 Å². The fraction of sp³-hybridized carbons (Fsp3) is 0.588. The molecular weight excluding hydrogens is 262 g/mol. The maximum absolute atomic E-state index is 6.05. The van der Waals surface area contributed by atoms with E-state index in [1.54, 1.807) is 0 Å². The van der Waals surface area contributed by atoms with Crippen LogP contribution >= 0.6 is 0 Å². The second kappa shape index (κ2) is 5.78.